The molecule has 1 atom stereocenters. The Hall–Kier alpha value is -2.21. The van der Waals surface area contributed by atoms with E-state index in [4.69, 9.17) is 5.73 Å². The number of nitrogens with one attached hydrogen (secondary N) is 2. The smallest absolute Gasteiger partial charge is 0.151 e. The van der Waals surface area contributed by atoms with Crippen LogP contribution in [0.4, 0.5) is 4.39 Å². The molecule has 18 heavy (non-hydrogen) atoms. The Bertz CT molecular complexity index is 658. The largest absolute Gasteiger partial charge is 0.348 e. The molecule has 6 heteroatoms. The van der Waals surface area contributed by atoms with Crippen LogP contribution in [0.25, 0.3) is 11.0 Å². The maximum Gasteiger partial charge on any atom is 0.151 e. The predicted octanol–water partition coefficient (Wildman–Crippen LogP) is 1.67. The van der Waals surface area contributed by atoms with Crippen LogP contribution >= 0.6 is 0 Å². The van der Waals surface area contributed by atoms with Crippen molar-refractivity contribution in [2.45, 2.75) is 12.5 Å². The number of hydrogen-bond acceptors (Lipinski definition) is 3. The topological polar surface area (TPSA) is 83.4 Å². The van der Waals surface area contributed by atoms with E-state index in [9.17, 15) is 4.39 Å². The van der Waals surface area contributed by atoms with Crippen molar-refractivity contribution < 1.29 is 4.39 Å². The minimum Gasteiger partial charge on any atom is -0.348 e. The summed E-state index contributed by atoms with van der Waals surface area (Å²) in [5, 5.41) is 0. The molecule has 0 saturated carbocycles. The number of hydrogen-bond donors (Lipinski definition) is 3. The Balaban J connectivity index is 1.92. The third-order valence-electron chi connectivity index (χ3n) is 2.83. The van der Waals surface area contributed by atoms with Crippen molar-refractivity contribution in [2.75, 3.05) is 0 Å². The first kappa shape index (κ1) is 10.9. The minimum atomic E-state index is -0.344. The number of para-hydroxylation sites is 1. The van der Waals surface area contributed by atoms with Crippen LogP contribution in [0, 0.1) is 5.82 Å². The van der Waals surface area contributed by atoms with Gasteiger partial charge in [0.15, 0.2) is 5.82 Å². The number of H-pyrrole nitrogens is 2. The van der Waals surface area contributed by atoms with E-state index in [1.807, 2.05) is 0 Å². The lowest BCUT2D eigenvalue weighted by Gasteiger charge is -2.05. The second-order valence-corrected chi connectivity index (χ2v) is 4.15. The van der Waals surface area contributed by atoms with Gasteiger partial charge in [-0.1, -0.05) is 6.07 Å². The van der Waals surface area contributed by atoms with Gasteiger partial charge < -0.3 is 15.7 Å². The van der Waals surface area contributed by atoms with E-state index in [0.717, 1.165) is 5.69 Å². The van der Waals surface area contributed by atoms with Crippen LogP contribution in [-0.2, 0) is 6.42 Å². The Morgan fingerprint density at radius 3 is 3.00 bits per heavy atom. The molecule has 0 amide bonds. The number of imidazole rings is 2. The molecule has 0 aliphatic carbocycles. The first-order valence-corrected chi connectivity index (χ1v) is 5.61. The summed E-state index contributed by atoms with van der Waals surface area (Å²) in [5.74, 6) is 0.230. The molecule has 4 N–H and O–H groups in total. The third-order valence-corrected chi connectivity index (χ3v) is 2.83. The summed E-state index contributed by atoms with van der Waals surface area (Å²) in [5.41, 5.74) is 7.94. The molecule has 3 rings (SSSR count). The number of nitrogens with zero attached hydrogens (tertiary/aromatic N) is 2. The molecule has 1 aromatic carbocycles. The van der Waals surface area contributed by atoms with Crippen molar-refractivity contribution in [1.82, 2.24) is 19.9 Å². The Labute approximate surface area is 102 Å². The zero-order chi connectivity index (χ0) is 12.5. The van der Waals surface area contributed by atoms with Crippen molar-refractivity contribution >= 4 is 11.0 Å². The number of fused-ring (bicyclic) bond motifs is 1. The van der Waals surface area contributed by atoms with Gasteiger partial charge in [-0.15, -0.1) is 0 Å². The van der Waals surface area contributed by atoms with Crippen molar-refractivity contribution in [2.24, 2.45) is 5.73 Å². The van der Waals surface area contributed by atoms with E-state index < -0.39 is 0 Å². The number of halogens is 1. The van der Waals surface area contributed by atoms with E-state index in [-0.39, 0.29) is 11.9 Å². The third kappa shape index (κ3) is 1.86. The lowest BCUT2D eigenvalue weighted by atomic mass is 10.2. The predicted molar refractivity (Wildman–Crippen MR) is 65.3 cm³/mol. The zero-order valence-electron chi connectivity index (χ0n) is 9.52. The Morgan fingerprint density at radius 2 is 2.28 bits per heavy atom. The number of aromatic amines is 2. The number of benzene rings is 1. The first-order chi connectivity index (χ1) is 8.74. The summed E-state index contributed by atoms with van der Waals surface area (Å²) in [6.45, 7) is 0. The molecule has 5 nitrogen and oxygen atoms in total. The molecule has 0 bridgehead atoms. The van der Waals surface area contributed by atoms with E-state index in [1.165, 1.54) is 6.07 Å². The fourth-order valence-corrected chi connectivity index (χ4v) is 1.92. The quantitative estimate of drug-likeness (QED) is 0.656. The van der Waals surface area contributed by atoms with Crippen LogP contribution < -0.4 is 5.73 Å². The fourth-order valence-electron chi connectivity index (χ4n) is 1.92. The highest BCUT2D eigenvalue weighted by Crippen LogP contribution is 2.19. The Kier molecular flexibility index (Phi) is 2.56. The molecule has 3 aromatic rings. The standard InChI is InChI=1S/C12H12FN5/c13-8-2-1-3-10-11(8)18-12(17-10)9(14)4-7-5-15-6-16-7/h1-3,5-6,9H,4,14H2,(H,15,16)(H,17,18). The van der Waals surface area contributed by atoms with Crippen LogP contribution in [0.2, 0.25) is 0 Å². The average molecular weight is 245 g/mol. The fraction of sp³-hybridized carbons (Fsp3) is 0.167. The highest BCUT2D eigenvalue weighted by molar-refractivity contribution is 5.75. The van der Waals surface area contributed by atoms with E-state index >= 15 is 0 Å². The van der Waals surface area contributed by atoms with Crippen LogP contribution in [0.5, 0.6) is 0 Å². The lowest BCUT2D eigenvalue weighted by molar-refractivity contribution is 0.634. The lowest BCUT2D eigenvalue weighted by Crippen LogP contribution is -2.15. The molecule has 2 heterocycles. The number of nitrogens with two attached hydrogens (primary N) is 1. The monoisotopic (exact) mass is 245 g/mol. The van der Waals surface area contributed by atoms with Gasteiger partial charge in [-0.2, -0.15) is 0 Å². The zero-order valence-corrected chi connectivity index (χ0v) is 9.52. The van der Waals surface area contributed by atoms with Gasteiger partial charge in [-0.3, -0.25) is 0 Å². The maximum absolute atomic E-state index is 13.5. The van der Waals surface area contributed by atoms with Crippen LogP contribution in [0.1, 0.15) is 17.6 Å². The highest BCUT2D eigenvalue weighted by Gasteiger charge is 2.14. The number of rotatable bonds is 3. The second-order valence-electron chi connectivity index (χ2n) is 4.15. The van der Waals surface area contributed by atoms with Gasteiger partial charge in [0, 0.05) is 18.3 Å². The SMILES string of the molecule is NC(Cc1cnc[nH]1)c1nc2c(F)cccc2[nH]1. The second kappa shape index (κ2) is 4.23. The summed E-state index contributed by atoms with van der Waals surface area (Å²) in [7, 11) is 0. The van der Waals surface area contributed by atoms with Crippen molar-refractivity contribution in [1.29, 1.82) is 0 Å². The molecule has 1 unspecified atom stereocenters. The highest BCUT2D eigenvalue weighted by atomic mass is 19.1. The summed E-state index contributed by atoms with van der Waals surface area (Å²) in [4.78, 5) is 14.1. The molecule has 0 radical (unpaired) electrons. The minimum absolute atomic E-state index is 0.322. The van der Waals surface area contributed by atoms with Gasteiger partial charge >= 0.3 is 0 Å². The first-order valence-electron chi connectivity index (χ1n) is 5.61. The molecule has 2 aromatic heterocycles. The molecule has 0 aliphatic heterocycles. The molecule has 0 aliphatic rings. The molecule has 0 fully saturated rings. The van der Waals surface area contributed by atoms with Gasteiger partial charge in [0.1, 0.15) is 11.3 Å². The number of aromatic nitrogens is 4. The van der Waals surface area contributed by atoms with E-state index in [0.29, 0.717) is 23.3 Å². The van der Waals surface area contributed by atoms with Crippen molar-refractivity contribution in [3.05, 3.63) is 48.1 Å². The van der Waals surface area contributed by atoms with Crippen molar-refractivity contribution in [3.63, 3.8) is 0 Å². The van der Waals surface area contributed by atoms with Crippen LogP contribution in [-0.4, -0.2) is 19.9 Å². The van der Waals surface area contributed by atoms with Gasteiger partial charge in [0.2, 0.25) is 0 Å². The van der Waals surface area contributed by atoms with Gasteiger partial charge in [0.05, 0.1) is 17.9 Å². The van der Waals surface area contributed by atoms with E-state index in [1.54, 1.807) is 24.7 Å². The summed E-state index contributed by atoms with van der Waals surface area (Å²) in [6.07, 6.45) is 3.88. The molecule has 0 spiro atoms. The molecule has 0 saturated heterocycles. The molecular formula is C12H12FN5. The average Bonchev–Trinajstić information content (AvgIpc) is 2.97. The normalized spacial score (nSPS) is 13.0. The van der Waals surface area contributed by atoms with Gasteiger partial charge in [-0.25, -0.2) is 14.4 Å². The van der Waals surface area contributed by atoms with Gasteiger partial charge in [0.25, 0.3) is 0 Å². The van der Waals surface area contributed by atoms with Crippen LogP contribution in [0.15, 0.2) is 30.7 Å². The van der Waals surface area contributed by atoms with E-state index in [2.05, 4.69) is 19.9 Å². The van der Waals surface area contributed by atoms with Gasteiger partial charge in [-0.05, 0) is 12.1 Å². The summed E-state index contributed by atoms with van der Waals surface area (Å²) >= 11 is 0. The molecule has 92 valence electrons. The molecular weight excluding hydrogens is 233 g/mol. The Morgan fingerprint density at radius 1 is 1.39 bits per heavy atom. The van der Waals surface area contributed by atoms with Crippen LogP contribution in [0.3, 0.4) is 0 Å². The summed E-state index contributed by atoms with van der Waals surface area (Å²) < 4.78 is 13.5. The maximum atomic E-state index is 13.5. The van der Waals surface area contributed by atoms with Crippen molar-refractivity contribution in [3.8, 4) is 0 Å². The summed E-state index contributed by atoms with van der Waals surface area (Å²) in [6, 6.07) is 4.47.